The second-order valence-electron chi connectivity index (χ2n) is 6.28. The van der Waals surface area contributed by atoms with Crippen molar-refractivity contribution in [2.75, 3.05) is 0 Å². The maximum atomic E-state index is 13.7. The highest BCUT2D eigenvalue weighted by molar-refractivity contribution is 7.98. The molecule has 1 N–H and O–H groups in total. The van der Waals surface area contributed by atoms with Gasteiger partial charge in [-0.05, 0) is 42.4 Å². The summed E-state index contributed by atoms with van der Waals surface area (Å²) in [7, 11) is 0. The lowest BCUT2D eigenvalue weighted by Crippen LogP contribution is -2.13. The van der Waals surface area contributed by atoms with Gasteiger partial charge in [-0.25, -0.2) is 9.37 Å². The Morgan fingerprint density at radius 2 is 2.25 bits per heavy atom. The van der Waals surface area contributed by atoms with Crippen LogP contribution in [0.4, 0.5) is 4.39 Å². The average molecular weight is 360 g/mol. The van der Waals surface area contributed by atoms with E-state index in [4.69, 9.17) is 0 Å². The van der Waals surface area contributed by atoms with Gasteiger partial charge < -0.3 is 4.98 Å². The van der Waals surface area contributed by atoms with Gasteiger partial charge in [-0.2, -0.15) is 0 Å². The Bertz CT molecular complexity index is 963. The van der Waals surface area contributed by atoms with Crippen molar-refractivity contribution in [3.8, 4) is 0 Å². The number of thioether (sulfide) groups is 1. The Hall–Kier alpha value is -1.66. The minimum atomic E-state index is -0.228. The fourth-order valence-corrected chi connectivity index (χ4v) is 5.45. The average Bonchev–Trinajstić information content (AvgIpc) is 2.91. The summed E-state index contributed by atoms with van der Waals surface area (Å²) in [4.78, 5) is 22.1. The Kier molecular flexibility index (Phi) is 4.18. The molecular formula is C18H17FN2OS2. The SMILES string of the molecule is C[C@H]1CCc2c(sc3nc(SCc4ccccc4F)[nH]c(=O)c23)C1. The van der Waals surface area contributed by atoms with E-state index in [2.05, 4.69) is 16.9 Å². The van der Waals surface area contributed by atoms with E-state index in [0.29, 0.717) is 22.4 Å². The van der Waals surface area contributed by atoms with Crippen LogP contribution in [-0.2, 0) is 18.6 Å². The van der Waals surface area contributed by atoms with Gasteiger partial charge in [0, 0.05) is 10.6 Å². The number of hydrogen-bond donors (Lipinski definition) is 1. The summed E-state index contributed by atoms with van der Waals surface area (Å²) < 4.78 is 13.7. The number of aromatic amines is 1. The second-order valence-corrected chi connectivity index (χ2v) is 8.33. The van der Waals surface area contributed by atoms with E-state index in [-0.39, 0.29) is 11.4 Å². The van der Waals surface area contributed by atoms with Gasteiger partial charge in [-0.15, -0.1) is 11.3 Å². The highest BCUT2D eigenvalue weighted by Crippen LogP contribution is 2.36. The Labute approximate surface area is 147 Å². The van der Waals surface area contributed by atoms with Gasteiger partial charge in [-0.1, -0.05) is 36.9 Å². The van der Waals surface area contributed by atoms with E-state index in [1.807, 2.05) is 6.07 Å². The molecule has 6 heteroatoms. The third kappa shape index (κ3) is 2.89. The molecule has 0 aliphatic heterocycles. The molecule has 0 saturated heterocycles. The topological polar surface area (TPSA) is 45.8 Å². The normalized spacial score (nSPS) is 17.2. The zero-order valence-electron chi connectivity index (χ0n) is 13.3. The highest BCUT2D eigenvalue weighted by atomic mass is 32.2. The van der Waals surface area contributed by atoms with Crippen molar-refractivity contribution in [2.24, 2.45) is 5.92 Å². The number of halogens is 1. The van der Waals surface area contributed by atoms with E-state index in [1.54, 1.807) is 23.5 Å². The van der Waals surface area contributed by atoms with Gasteiger partial charge in [-0.3, -0.25) is 4.79 Å². The fraction of sp³-hybridized carbons (Fsp3) is 0.333. The lowest BCUT2D eigenvalue weighted by Gasteiger charge is -2.17. The van der Waals surface area contributed by atoms with E-state index in [0.717, 1.165) is 29.5 Å². The van der Waals surface area contributed by atoms with E-state index in [1.165, 1.54) is 28.3 Å². The van der Waals surface area contributed by atoms with E-state index >= 15 is 0 Å². The van der Waals surface area contributed by atoms with Crippen molar-refractivity contribution in [2.45, 2.75) is 37.1 Å². The van der Waals surface area contributed by atoms with Crippen molar-refractivity contribution < 1.29 is 4.39 Å². The number of benzene rings is 1. The largest absolute Gasteiger partial charge is 0.301 e. The molecule has 4 rings (SSSR count). The molecule has 0 radical (unpaired) electrons. The number of aryl methyl sites for hydroxylation is 1. The number of hydrogen-bond acceptors (Lipinski definition) is 4. The minimum absolute atomic E-state index is 0.0666. The number of H-pyrrole nitrogens is 1. The highest BCUT2D eigenvalue weighted by Gasteiger charge is 2.23. The number of aromatic nitrogens is 2. The van der Waals surface area contributed by atoms with Crippen molar-refractivity contribution in [1.29, 1.82) is 0 Å². The summed E-state index contributed by atoms with van der Waals surface area (Å²) in [5.74, 6) is 0.886. The first kappa shape index (κ1) is 15.8. The molecule has 0 amide bonds. The van der Waals surface area contributed by atoms with Crippen molar-refractivity contribution >= 4 is 33.3 Å². The van der Waals surface area contributed by atoms with Crippen LogP contribution in [0.5, 0.6) is 0 Å². The third-order valence-corrected chi connectivity index (χ3v) is 6.54. The molecule has 1 aliphatic rings. The van der Waals surface area contributed by atoms with Crippen LogP contribution in [0.2, 0.25) is 0 Å². The lowest BCUT2D eigenvalue weighted by molar-refractivity contribution is 0.509. The zero-order chi connectivity index (χ0) is 16.7. The summed E-state index contributed by atoms with van der Waals surface area (Å²) >= 11 is 3.00. The lowest BCUT2D eigenvalue weighted by atomic mass is 9.89. The molecular weight excluding hydrogens is 343 g/mol. The fourth-order valence-electron chi connectivity index (χ4n) is 3.16. The van der Waals surface area contributed by atoms with Crippen molar-refractivity contribution in [1.82, 2.24) is 9.97 Å². The maximum absolute atomic E-state index is 13.7. The summed E-state index contributed by atoms with van der Waals surface area (Å²) in [5, 5.41) is 1.32. The van der Waals surface area contributed by atoms with Crippen LogP contribution in [0.1, 0.15) is 29.3 Å². The molecule has 2 aromatic heterocycles. The molecule has 124 valence electrons. The number of nitrogens with one attached hydrogen (secondary N) is 1. The van der Waals surface area contributed by atoms with E-state index < -0.39 is 0 Å². The molecule has 1 aliphatic carbocycles. The smallest absolute Gasteiger partial charge is 0.260 e. The monoisotopic (exact) mass is 360 g/mol. The number of rotatable bonds is 3. The van der Waals surface area contributed by atoms with Crippen LogP contribution in [0.25, 0.3) is 10.2 Å². The van der Waals surface area contributed by atoms with Gasteiger partial charge >= 0.3 is 0 Å². The van der Waals surface area contributed by atoms with Crippen LogP contribution < -0.4 is 5.56 Å². The first-order valence-corrected chi connectivity index (χ1v) is 9.83. The first-order chi connectivity index (χ1) is 11.6. The molecule has 1 aromatic carbocycles. The van der Waals surface area contributed by atoms with Crippen LogP contribution in [0.3, 0.4) is 0 Å². The molecule has 0 saturated carbocycles. The predicted octanol–water partition coefficient (Wildman–Crippen LogP) is 4.54. The second kappa shape index (κ2) is 6.33. The molecule has 0 bridgehead atoms. The molecule has 3 aromatic rings. The van der Waals surface area contributed by atoms with Crippen LogP contribution in [-0.4, -0.2) is 9.97 Å². The maximum Gasteiger partial charge on any atom is 0.260 e. The zero-order valence-corrected chi connectivity index (χ0v) is 14.9. The third-order valence-electron chi connectivity index (χ3n) is 4.47. The molecule has 1 atom stereocenters. The minimum Gasteiger partial charge on any atom is -0.301 e. The number of fused-ring (bicyclic) bond motifs is 3. The Morgan fingerprint density at radius 1 is 1.42 bits per heavy atom. The first-order valence-electron chi connectivity index (χ1n) is 8.02. The number of nitrogens with zero attached hydrogens (tertiary/aromatic N) is 1. The van der Waals surface area contributed by atoms with Crippen LogP contribution in [0, 0.1) is 11.7 Å². The van der Waals surface area contributed by atoms with Crippen molar-refractivity contribution in [3.05, 3.63) is 56.4 Å². The van der Waals surface area contributed by atoms with Crippen LogP contribution in [0.15, 0.2) is 34.2 Å². The molecule has 0 fully saturated rings. The van der Waals surface area contributed by atoms with Gasteiger partial charge in [0.25, 0.3) is 5.56 Å². The van der Waals surface area contributed by atoms with Gasteiger partial charge in [0.2, 0.25) is 0 Å². The molecule has 3 nitrogen and oxygen atoms in total. The quantitative estimate of drug-likeness (QED) is 0.551. The summed E-state index contributed by atoms with van der Waals surface area (Å²) in [5.41, 5.74) is 1.74. The summed E-state index contributed by atoms with van der Waals surface area (Å²) in [6, 6.07) is 6.69. The van der Waals surface area contributed by atoms with E-state index in [9.17, 15) is 9.18 Å². The molecule has 0 spiro atoms. The van der Waals surface area contributed by atoms with Gasteiger partial charge in [0.15, 0.2) is 5.16 Å². The van der Waals surface area contributed by atoms with Gasteiger partial charge in [0.1, 0.15) is 10.6 Å². The summed E-state index contributed by atoms with van der Waals surface area (Å²) in [6.45, 7) is 2.25. The molecule has 0 unspecified atom stereocenters. The van der Waals surface area contributed by atoms with Gasteiger partial charge in [0.05, 0.1) is 5.39 Å². The van der Waals surface area contributed by atoms with Crippen molar-refractivity contribution in [3.63, 3.8) is 0 Å². The predicted molar refractivity (Wildman–Crippen MR) is 97.4 cm³/mol. The number of thiophene rings is 1. The standard InChI is InChI=1S/C18H17FN2OS2/c1-10-6-7-12-14(8-10)24-17-15(12)16(22)20-18(21-17)23-9-11-4-2-3-5-13(11)19/h2-5,10H,6-9H2,1H3,(H,20,21,22)/t10-/m0/s1. The molecule has 2 heterocycles. The summed E-state index contributed by atoms with van der Waals surface area (Å²) in [6.07, 6.45) is 3.12. The van der Waals surface area contributed by atoms with Crippen LogP contribution >= 0.6 is 23.1 Å². The Morgan fingerprint density at radius 3 is 3.08 bits per heavy atom. The Balaban J connectivity index is 1.66. The molecule has 24 heavy (non-hydrogen) atoms.